The summed E-state index contributed by atoms with van der Waals surface area (Å²) in [6.07, 6.45) is 0. The highest BCUT2D eigenvalue weighted by molar-refractivity contribution is 7.14. The van der Waals surface area contributed by atoms with Crippen LogP contribution < -0.4 is 14.4 Å². The molecule has 34 heavy (non-hydrogen) atoms. The maximum atomic E-state index is 13.6. The number of thiazole rings is 1. The normalized spacial score (nSPS) is 15.6. The molecule has 1 amide bonds. The number of benzene rings is 2. The van der Waals surface area contributed by atoms with Gasteiger partial charge in [0.1, 0.15) is 11.5 Å². The van der Waals surface area contributed by atoms with Gasteiger partial charge in [0, 0.05) is 12.6 Å². The van der Waals surface area contributed by atoms with Gasteiger partial charge in [-0.25, -0.2) is 4.98 Å². The topological polar surface area (TPSA) is 106 Å². The molecule has 2 aromatic carbocycles. The van der Waals surface area contributed by atoms with Gasteiger partial charge in [-0.15, -0.1) is 11.3 Å². The number of rotatable bonds is 6. The van der Waals surface area contributed by atoms with Crippen molar-refractivity contribution in [1.29, 1.82) is 0 Å². The van der Waals surface area contributed by atoms with Gasteiger partial charge in [-0.3, -0.25) is 19.3 Å². The third-order valence-corrected chi connectivity index (χ3v) is 6.42. The van der Waals surface area contributed by atoms with Crippen LogP contribution in [0.2, 0.25) is 0 Å². The number of esters is 1. The Hall–Kier alpha value is -3.98. The van der Waals surface area contributed by atoms with Crippen molar-refractivity contribution in [3.8, 4) is 11.5 Å². The summed E-state index contributed by atoms with van der Waals surface area (Å²) in [5.74, 6) is -1.47. The minimum Gasteiger partial charge on any atom is -0.503 e. The van der Waals surface area contributed by atoms with Crippen LogP contribution in [0.1, 0.15) is 38.9 Å². The largest absolute Gasteiger partial charge is 0.503 e. The van der Waals surface area contributed by atoms with E-state index in [1.165, 1.54) is 30.3 Å². The summed E-state index contributed by atoms with van der Waals surface area (Å²) >= 11 is 1.20. The van der Waals surface area contributed by atoms with Crippen LogP contribution in [-0.4, -0.2) is 34.9 Å². The van der Waals surface area contributed by atoms with E-state index in [1.54, 1.807) is 62.4 Å². The third-order valence-electron chi connectivity index (χ3n) is 5.35. The average molecular weight is 479 g/mol. The fourth-order valence-corrected chi connectivity index (χ4v) is 4.81. The van der Waals surface area contributed by atoms with Gasteiger partial charge in [-0.1, -0.05) is 12.1 Å². The molecule has 0 aliphatic carbocycles. The van der Waals surface area contributed by atoms with E-state index in [9.17, 15) is 19.5 Å². The number of aryl methyl sites for hydroxylation is 2. The molecule has 1 aliphatic heterocycles. The zero-order chi connectivity index (χ0) is 24.6. The van der Waals surface area contributed by atoms with E-state index in [4.69, 9.17) is 9.47 Å². The Balaban J connectivity index is 1.88. The first-order chi connectivity index (χ1) is 16.2. The Morgan fingerprint density at radius 2 is 1.79 bits per heavy atom. The van der Waals surface area contributed by atoms with Crippen molar-refractivity contribution < 1.29 is 29.0 Å². The van der Waals surface area contributed by atoms with Crippen molar-refractivity contribution in [2.75, 3.05) is 12.0 Å². The number of aliphatic hydroxyl groups is 1. The summed E-state index contributed by atoms with van der Waals surface area (Å²) in [4.78, 5) is 44.4. The first-order valence-electron chi connectivity index (χ1n) is 10.4. The maximum Gasteiger partial charge on any atom is 0.308 e. The van der Waals surface area contributed by atoms with Crippen molar-refractivity contribution in [2.24, 2.45) is 0 Å². The van der Waals surface area contributed by atoms with Crippen molar-refractivity contribution in [3.05, 3.63) is 81.0 Å². The minimum absolute atomic E-state index is 0.0625. The average Bonchev–Trinajstić information content (AvgIpc) is 3.28. The molecule has 2 heterocycles. The Labute approximate surface area is 200 Å². The van der Waals surface area contributed by atoms with Gasteiger partial charge >= 0.3 is 5.97 Å². The quantitative estimate of drug-likeness (QED) is 0.316. The molecule has 0 bridgehead atoms. The Morgan fingerprint density at radius 1 is 1.09 bits per heavy atom. The number of Topliss-reactive ketones (excluding diaryl/α,β-unsaturated/α-hetero) is 1. The molecule has 1 unspecified atom stereocenters. The highest BCUT2D eigenvalue weighted by Gasteiger charge is 2.45. The van der Waals surface area contributed by atoms with Crippen molar-refractivity contribution >= 4 is 34.7 Å². The molecule has 3 aromatic rings. The van der Waals surface area contributed by atoms with Crippen LogP contribution in [0.5, 0.6) is 11.5 Å². The second kappa shape index (κ2) is 9.11. The number of aliphatic hydroxyl groups excluding tert-OH is 1. The predicted molar refractivity (Wildman–Crippen MR) is 127 cm³/mol. The molecule has 0 spiro atoms. The second-order valence-electron chi connectivity index (χ2n) is 7.68. The van der Waals surface area contributed by atoms with Crippen molar-refractivity contribution in [1.82, 2.24) is 4.98 Å². The number of hydrogen-bond acceptors (Lipinski definition) is 8. The number of methoxy groups -OCH3 is 1. The molecule has 1 atom stereocenters. The Bertz CT molecular complexity index is 1330. The number of carbonyl (C=O) groups is 3. The van der Waals surface area contributed by atoms with Gasteiger partial charge in [0.2, 0.25) is 5.78 Å². The molecule has 8 nitrogen and oxygen atoms in total. The van der Waals surface area contributed by atoms with Crippen LogP contribution in [-0.2, 0) is 9.59 Å². The van der Waals surface area contributed by atoms with E-state index in [1.807, 2.05) is 0 Å². The van der Waals surface area contributed by atoms with Gasteiger partial charge in [0.05, 0.1) is 34.3 Å². The Kier molecular flexibility index (Phi) is 6.21. The first-order valence-corrected chi connectivity index (χ1v) is 11.2. The second-order valence-corrected chi connectivity index (χ2v) is 8.88. The molecule has 0 radical (unpaired) electrons. The molecular weight excluding hydrogens is 456 g/mol. The summed E-state index contributed by atoms with van der Waals surface area (Å²) < 4.78 is 10.4. The number of carbonyl (C=O) groups excluding carboxylic acids is 3. The number of ketones is 1. The number of hydrogen-bond donors (Lipinski definition) is 1. The van der Waals surface area contributed by atoms with Gasteiger partial charge in [-0.05, 0) is 55.8 Å². The monoisotopic (exact) mass is 478 g/mol. The van der Waals surface area contributed by atoms with E-state index in [2.05, 4.69) is 4.98 Å². The summed E-state index contributed by atoms with van der Waals surface area (Å²) in [5, 5.41) is 11.6. The molecule has 0 saturated heterocycles. The van der Waals surface area contributed by atoms with Crippen LogP contribution in [0.3, 0.4) is 0 Å². The number of aromatic nitrogens is 1. The van der Waals surface area contributed by atoms with Crippen LogP contribution in [0.15, 0.2) is 59.9 Å². The molecule has 1 N–H and O–H groups in total. The van der Waals surface area contributed by atoms with E-state index in [0.717, 1.165) is 0 Å². The van der Waals surface area contributed by atoms with Gasteiger partial charge in [0.25, 0.3) is 5.91 Å². The maximum absolute atomic E-state index is 13.6. The number of ether oxygens (including phenoxy) is 2. The molecule has 9 heteroatoms. The first kappa shape index (κ1) is 23.2. The molecular formula is C25H22N2O6S. The highest BCUT2D eigenvalue weighted by atomic mass is 32.1. The van der Waals surface area contributed by atoms with E-state index < -0.39 is 29.5 Å². The fourth-order valence-electron chi connectivity index (χ4n) is 3.94. The van der Waals surface area contributed by atoms with Gasteiger partial charge in [-0.2, -0.15) is 0 Å². The zero-order valence-corrected chi connectivity index (χ0v) is 19.8. The smallest absolute Gasteiger partial charge is 0.308 e. The van der Waals surface area contributed by atoms with Crippen molar-refractivity contribution in [3.63, 3.8) is 0 Å². The highest BCUT2D eigenvalue weighted by Crippen LogP contribution is 2.43. The lowest BCUT2D eigenvalue weighted by Gasteiger charge is -2.27. The molecule has 1 aromatic heterocycles. The predicted octanol–water partition coefficient (Wildman–Crippen LogP) is 4.48. The molecule has 174 valence electrons. The van der Waals surface area contributed by atoms with Crippen LogP contribution in [0, 0.1) is 13.8 Å². The zero-order valence-electron chi connectivity index (χ0n) is 19.0. The SMILES string of the molecule is COc1ccc(N2C(=O)C(O)=C(C(=O)c3sc(C)nc3C)C2c2cccc(OC(C)=O)c2)cc1. The standard InChI is InChI=1S/C25H22N2O6S/c1-13-24(34-14(2)26-13)22(29)20-21(16-6-5-7-19(12-16)33-15(3)28)27(25(31)23(20)30)17-8-10-18(32-4)11-9-17/h5-12,21,30H,1-4H3. The van der Waals surface area contributed by atoms with Gasteiger partial charge in [0.15, 0.2) is 5.76 Å². The number of anilines is 1. The summed E-state index contributed by atoms with van der Waals surface area (Å²) in [6, 6.07) is 12.3. The van der Waals surface area contributed by atoms with Crippen molar-refractivity contribution in [2.45, 2.75) is 26.8 Å². The number of amides is 1. The van der Waals surface area contributed by atoms with Crippen LogP contribution >= 0.6 is 11.3 Å². The lowest BCUT2D eigenvalue weighted by molar-refractivity contribution is -0.131. The third kappa shape index (κ3) is 4.17. The van der Waals surface area contributed by atoms with Gasteiger partial charge < -0.3 is 14.6 Å². The van der Waals surface area contributed by atoms with Crippen LogP contribution in [0.4, 0.5) is 5.69 Å². The van der Waals surface area contributed by atoms with E-state index >= 15 is 0 Å². The molecule has 4 rings (SSSR count). The van der Waals surface area contributed by atoms with Crippen LogP contribution in [0.25, 0.3) is 0 Å². The summed E-state index contributed by atoms with van der Waals surface area (Å²) in [6.45, 7) is 4.78. The van der Waals surface area contributed by atoms with E-state index in [0.29, 0.717) is 32.6 Å². The fraction of sp³-hybridized carbons (Fsp3) is 0.200. The molecule has 1 aliphatic rings. The lowest BCUT2D eigenvalue weighted by Crippen LogP contribution is -2.31. The van der Waals surface area contributed by atoms with E-state index in [-0.39, 0.29) is 11.3 Å². The minimum atomic E-state index is -0.953. The molecule has 0 saturated carbocycles. The number of nitrogens with zero attached hydrogens (tertiary/aromatic N) is 2. The lowest BCUT2D eigenvalue weighted by atomic mass is 9.94. The molecule has 0 fully saturated rings. The summed E-state index contributed by atoms with van der Waals surface area (Å²) in [7, 11) is 1.53. The Morgan fingerprint density at radius 3 is 2.38 bits per heavy atom. The summed E-state index contributed by atoms with van der Waals surface area (Å²) in [5.41, 5.74) is 1.41.